The van der Waals surface area contributed by atoms with E-state index in [1.54, 1.807) is 6.07 Å². The molecular formula is C15H19ClN2O. The maximum Gasteiger partial charge on any atom is 0.255 e. The van der Waals surface area contributed by atoms with Crippen molar-refractivity contribution < 1.29 is 4.79 Å². The molecule has 19 heavy (non-hydrogen) atoms. The second-order valence-electron chi connectivity index (χ2n) is 5.42. The highest BCUT2D eigenvalue weighted by Crippen LogP contribution is 2.24. The monoisotopic (exact) mass is 278 g/mol. The predicted molar refractivity (Wildman–Crippen MR) is 76.6 cm³/mol. The van der Waals surface area contributed by atoms with Gasteiger partial charge in [0.25, 0.3) is 5.91 Å². The summed E-state index contributed by atoms with van der Waals surface area (Å²) in [7, 11) is 0. The maximum absolute atomic E-state index is 12.6. The van der Waals surface area contributed by atoms with Gasteiger partial charge in [0.2, 0.25) is 0 Å². The highest BCUT2D eigenvalue weighted by molar-refractivity contribution is 6.33. The Morgan fingerprint density at radius 2 is 1.95 bits per heavy atom. The molecule has 1 atom stereocenters. The van der Waals surface area contributed by atoms with Gasteiger partial charge in [-0.25, -0.2) is 0 Å². The SMILES string of the molecule is O=C(c1ccccc1Cl)N1CCCN2CCCC2C1. The third-order valence-electron chi connectivity index (χ3n) is 4.20. The van der Waals surface area contributed by atoms with Crippen molar-refractivity contribution in [3.05, 3.63) is 34.9 Å². The van der Waals surface area contributed by atoms with E-state index in [2.05, 4.69) is 4.90 Å². The Balaban J connectivity index is 1.78. The van der Waals surface area contributed by atoms with Crippen LogP contribution in [0.2, 0.25) is 5.02 Å². The van der Waals surface area contributed by atoms with Crippen molar-refractivity contribution in [2.24, 2.45) is 0 Å². The summed E-state index contributed by atoms with van der Waals surface area (Å²) in [5.74, 6) is 0.0827. The van der Waals surface area contributed by atoms with Crippen molar-refractivity contribution in [3.63, 3.8) is 0 Å². The van der Waals surface area contributed by atoms with Crippen LogP contribution in [-0.4, -0.2) is 47.9 Å². The van der Waals surface area contributed by atoms with Gasteiger partial charge in [-0.3, -0.25) is 9.69 Å². The third kappa shape index (κ3) is 2.63. The summed E-state index contributed by atoms with van der Waals surface area (Å²) in [5.41, 5.74) is 0.635. The number of benzene rings is 1. The lowest BCUT2D eigenvalue weighted by atomic mass is 10.1. The van der Waals surface area contributed by atoms with Crippen LogP contribution in [0.4, 0.5) is 0 Å². The Kier molecular flexibility index (Phi) is 3.76. The number of fused-ring (bicyclic) bond motifs is 1. The molecule has 2 saturated heterocycles. The molecule has 3 nitrogen and oxygen atoms in total. The molecule has 0 bridgehead atoms. The number of rotatable bonds is 1. The number of hydrogen-bond acceptors (Lipinski definition) is 2. The van der Waals surface area contributed by atoms with Gasteiger partial charge in [-0.1, -0.05) is 23.7 Å². The van der Waals surface area contributed by atoms with Crippen molar-refractivity contribution in [3.8, 4) is 0 Å². The van der Waals surface area contributed by atoms with Gasteiger partial charge >= 0.3 is 0 Å². The molecule has 0 saturated carbocycles. The van der Waals surface area contributed by atoms with Crippen LogP contribution in [0.3, 0.4) is 0 Å². The normalized spacial score (nSPS) is 24.1. The number of amides is 1. The smallest absolute Gasteiger partial charge is 0.255 e. The summed E-state index contributed by atoms with van der Waals surface area (Å²) in [6.45, 7) is 4.01. The maximum atomic E-state index is 12.6. The van der Waals surface area contributed by atoms with Gasteiger partial charge in [-0.15, -0.1) is 0 Å². The predicted octanol–water partition coefficient (Wildman–Crippen LogP) is 2.65. The van der Waals surface area contributed by atoms with E-state index in [4.69, 9.17) is 11.6 Å². The van der Waals surface area contributed by atoms with Crippen molar-refractivity contribution in [1.29, 1.82) is 0 Å². The quantitative estimate of drug-likeness (QED) is 0.788. The molecule has 0 aliphatic carbocycles. The molecule has 0 aromatic heterocycles. The minimum absolute atomic E-state index is 0.0827. The summed E-state index contributed by atoms with van der Waals surface area (Å²) < 4.78 is 0. The van der Waals surface area contributed by atoms with Crippen molar-refractivity contribution in [2.75, 3.05) is 26.2 Å². The van der Waals surface area contributed by atoms with Gasteiger partial charge in [-0.05, 0) is 37.9 Å². The number of halogens is 1. The van der Waals surface area contributed by atoms with E-state index in [1.807, 2.05) is 23.1 Å². The number of nitrogens with zero attached hydrogens (tertiary/aromatic N) is 2. The zero-order valence-corrected chi connectivity index (χ0v) is 11.8. The second-order valence-corrected chi connectivity index (χ2v) is 5.82. The van der Waals surface area contributed by atoms with Gasteiger partial charge in [-0.2, -0.15) is 0 Å². The largest absolute Gasteiger partial charge is 0.337 e. The molecule has 2 fully saturated rings. The first kappa shape index (κ1) is 12.9. The number of carbonyl (C=O) groups is 1. The molecule has 2 aliphatic rings. The van der Waals surface area contributed by atoms with Crippen LogP contribution in [0.25, 0.3) is 0 Å². The molecule has 4 heteroatoms. The topological polar surface area (TPSA) is 23.6 Å². The Morgan fingerprint density at radius 3 is 2.79 bits per heavy atom. The average molecular weight is 279 g/mol. The zero-order valence-electron chi connectivity index (χ0n) is 11.0. The van der Waals surface area contributed by atoms with E-state index in [0.29, 0.717) is 16.6 Å². The molecule has 2 heterocycles. The summed E-state index contributed by atoms with van der Waals surface area (Å²) in [5, 5.41) is 0.556. The summed E-state index contributed by atoms with van der Waals surface area (Å²) in [6.07, 6.45) is 3.54. The van der Waals surface area contributed by atoms with Crippen LogP contribution in [-0.2, 0) is 0 Å². The molecule has 1 aromatic carbocycles. The lowest BCUT2D eigenvalue weighted by Crippen LogP contribution is -2.39. The molecule has 1 amide bonds. The van der Waals surface area contributed by atoms with Gasteiger partial charge in [0.15, 0.2) is 0 Å². The standard InChI is InChI=1S/C15H19ClN2O/c16-14-7-2-1-6-13(14)15(19)18-10-4-9-17-8-3-5-12(17)11-18/h1-2,6-7,12H,3-5,8-11H2. The van der Waals surface area contributed by atoms with Crippen molar-refractivity contribution in [2.45, 2.75) is 25.3 Å². The highest BCUT2D eigenvalue weighted by Gasteiger charge is 2.31. The van der Waals surface area contributed by atoms with Gasteiger partial charge < -0.3 is 4.90 Å². The first-order valence-corrected chi connectivity index (χ1v) is 7.41. The molecule has 1 unspecified atom stereocenters. The fourth-order valence-corrected chi connectivity index (χ4v) is 3.41. The van der Waals surface area contributed by atoms with Crippen LogP contribution in [0.5, 0.6) is 0 Å². The molecular weight excluding hydrogens is 260 g/mol. The second kappa shape index (κ2) is 5.51. The Morgan fingerprint density at radius 1 is 1.16 bits per heavy atom. The van der Waals surface area contributed by atoms with E-state index in [1.165, 1.54) is 19.4 Å². The van der Waals surface area contributed by atoms with E-state index >= 15 is 0 Å². The minimum Gasteiger partial charge on any atom is -0.337 e. The molecule has 2 aliphatic heterocycles. The fraction of sp³-hybridized carbons (Fsp3) is 0.533. The summed E-state index contributed by atoms with van der Waals surface area (Å²) in [4.78, 5) is 17.1. The Bertz CT molecular complexity index is 477. The van der Waals surface area contributed by atoms with Crippen LogP contribution in [0.1, 0.15) is 29.6 Å². The van der Waals surface area contributed by atoms with Gasteiger partial charge in [0, 0.05) is 25.7 Å². The number of hydrogen-bond donors (Lipinski definition) is 0. The van der Waals surface area contributed by atoms with Crippen LogP contribution in [0.15, 0.2) is 24.3 Å². The highest BCUT2D eigenvalue weighted by atomic mass is 35.5. The average Bonchev–Trinajstić information content (AvgIpc) is 2.76. The van der Waals surface area contributed by atoms with Gasteiger partial charge in [0.1, 0.15) is 0 Å². The van der Waals surface area contributed by atoms with Crippen LogP contribution in [0, 0.1) is 0 Å². The van der Waals surface area contributed by atoms with E-state index in [0.717, 1.165) is 26.1 Å². The molecule has 3 rings (SSSR count). The molecule has 1 aromatic rings. The van der Waals surface area contributed by atoms with E-state index in [9.17, 15) is 4.79 Å². The number of carbonyl (C=O) groups excluding carboxylic acids is 1. The Hall–Kier alpha value is -1.06. The van der Waals surface area contributed by atoms with E-state index in [-0.39, 0.29) is 5.91 Å². The molecule has 0 radical (unpaired) electrons. The summed E-state index contributed by atoms with van der Waals surface area (Å²) >= 11 is 6.13. The Labute approximate surface area is 119 Å². The first-order chi connectivity index (χ1) is 9.25. The molecule has 0 N–H and O–H groups in total. The minimum atomic E-state index is 0.0827. The van der Waals surface area contributed by atoms with Crippen LogP contribution < -0.4 is 0 Å². The van der Waals surface area contributed by atoms with Crippen molar-refractivity contribution in [1.82, 2.24) is 9.80 Å². The van der Waals surface area contributed by atoms with E-state index < -0.39 is 0 Å². The lowest BCUT2D eigenvalue weighted by molar-refractivity contribution is 0.0743. The van der Waals surface area contributed by atoms with Gasteiger partial charge in [0.05, 0.1) is 10.6 Å². The van der Waals surface area contributed by atoms with Crippen LogP contribution >= 0.6 is 11.6 Å². The molecule has 0 spiro atoms. The third-order valence-corrected chi connectivity index (χ3v) is 4.52. The van der Waals surface area contributed by atoms with Crippen molar-refractivity contribution >= 4 is 17.5 Å². The molecule has 102 valence electrons. The fourth-order valence-electron chi connectivity index (χ4n) is 3.20. The first-order valence-electron chi connectivity index (χ1n) is 7.03. The summed E-state index contributed by atoms with van der Waals surface area (Å²) in [6, 6.07) is 7.89. The zero-order chi connectivity index (χ0) is 13.2. The lowest BCUT2D eigenvalue weighted by Gasteiger charge is -2.26.